The summed E-state index contributed by atoms with van der Waals surface area (Å²) in [4.78, 5) is 0. The van der Waals surface area contributed by atoms with Gasteiger partial charge in [-0.2, -0.15) is 0 Å². The average molecular weight is 272 g/mol. The summed E-state index contributed by atoms with van der Waals surface area (Å²) in [6.45, 7) is -6.18. The lowest BCUT2D eigenvalue weighted by Crippen LogP contribution is -1.85. The number of hydrogen-bond donors (Lipinski definition) is 0. The Morgan fingerprint density at radius 1 is 0.750 bits per heavy atom. The molecule has 0 saturated carbocycles. The molecular weight excluding hydrogens is 240 g/mol. The fourth-order valence-electron chi connectivity index (χ4n) is 2.22. The number of rotatable bonds is 0. The fraction of sp³-hybridized carbons (Fsp3) is 0.100. The van der Waals surface area contributed by atoms with Crippen molar-refractivity contribution in [1.29, 1.82) is 0 Å². The molecular formula is C20H16. The predicted molar refractivity (Wildman–Crippen MR) is 88.4 cm³/mol. The van der Waals surface area contributed by atoms with Crippen LogP contribution in [0.5, 0.6) is 0 Å². The molecule has 0 aliphatic heterocycles. The van der Waals surface area contributed by atoms with Gasteiger partial charge in [0.05, 0.1) is 13.7 Å². The van der Waals surface area contributed by atoms with E-state index < -0.39 is 118 Å². The minimum absolute atomic E-state index is 0.463. The molecule has 0 heterocycles. The molecule has 0 aliphatic carbocycles. The van der Waals surface area contributed by atoms with Crippen molar-refractivity contribution in [2.24, 2.45) is 0 Å². The van der Waals surface area contributed by atoms with Crippen molar-refractivity contribution in [3.8, 4) is 0 Å². The molecule has 0 fully saturated rings. The second-order valence-electron chi connectivity index (χ2n) is 4.25. The number of hydrogen-bond acceptors (Lipinski definition) is 0. The van der Waals surface area contributed by atoms with Crippen LogP contribution in [0.25, 0.3) is 32.3 Å². The molecule has 0 bridgehead atoms. The largest absolute Gasteiger partial charge is 0.0632 e. The van der Waals surface area contributed by atoms with E-state index in [1.54, 1.807) is 0 Å². The van der Waals surface area contributed by atoms with E-state index in [4.69, 9.17) is 21.9 Å². The van der Waals surface area contributed by atoms with E-state index in [9.17, 15) is 0 Å². The lowest BCUT2D eigenvalue weighted by atomic mass is 9.93. The Balaban J connectivity index is 2.62. The zero-order chi connectivity index (χ0) is 27.4. The highest BCUT2D eigenvalue weighted by Crippen LogP contribution is 2.34. The summed E-state index contributed by atoms with van der Waals surface area (Å²) in [6, 6.07) is -7.86. The lowest BCUT2D eigenvalue weighted by Gasteiger charge is -2.11. The van der Waals surface area contributed by atoms with Gasteiger partial charge in [-0.15, -0.1) is 0 Å². The van der Waals surface area contributed by atoms with Gasteiger partial charge in [-0.25, -0.2) is 0 Å². The molecule has 0 radical (unpaired) electrons. The minimum atomic E-state index is -3.12. The summed E-state index contributed by atoms with van der Waals surface area (Å²) in [7, 11) is 0. The second-order valence-corrected chi connectivity index (χ2v) is 4.25. The lowest BCUT2D eigenvalue weighted by molar-refractivity contribution is 1.50. The third-order valence-electron chi connectivity index (χ3n) is 3.06. The van der Waals surface area contributed by atoms with Gasteiger partial charge >= 0.3 is 0 Å². The van der Waals surface area contributed by atoms with E-state index in [0.717, 1.165) is 0 Å². The van der Waals surface area contributed by atoms with Crippen LogP contribution in [-0.2, 0) is 0 Å². The SMILES string of the molecule is [2H]c1c(C([2H])([2H])[2H])c([2H])c2c(c1[2H])c([2H])c(C([2H])([2H])[2H])c1c3c([2H])c([2H])c([2H])c([2H])c3c([2H])c([2H])c21. The van der Waals surface area contributed by atoms with Crippen LogP contribution < -0.4 is 0 Å². The van der Waals surface area contributed by atoms with Crippen LogP contribution in [0.2, 0.25) is 0 Å². The molecule has 0 atom stereocenters. The van der Waals surface area contributed by atoms with E-state index >= 15 is 0 Å². The highest BCUT2D eigenvalue weighted by atomic mass is 14.1. The molecule has 0 unspecified atom stereocenters. The maximum atomic E-state index is 8.67. The number of fused-ring (bicyclic) bond motifs is 5. The van der Waals surface area contributed by atoms with Crippen molar-refractivity contribution in [1.82, 2.24) is 0 Å². The molecule has 0 nitrogen and oxygen atoms in total. The van der Waals surface area contributed by atoms with Gasteiger partial charge in [0.25, 0.3) is 0 Å². The predicted octanol–water partition coefficient (Wildman–Crippen LogP) is 5.76. The average Bonchev–Trinajstić information content (AvgIpc) is 2.74. The van der Waals surface area contributed by atoms with Gasteiger partial charge in [-0.3, -0.25) is 0 Å². The molecule has 0 spiro atoms. The molecule has 96 valence electrons. The van der Waals surface area contributed by atoms with Crippen LogP contribution >= 0.6 is 0 Å². The third-order valence-corrected chi connectivity index (χ3v) is 3.06. The highest BCUT2D eigenvalue weighted by Gasteiger charge is 2.07. The van der Waals surface area contributed by atoms with E-state index in [1.807, 2.05) is 0 Å². The zero-order valence-corrected chi connectivity index (χ0v) is 10.0. The summed E-state index contributed by atoms with van der Waals surface area (Å²) in [6.07, 6.45) is 0. The van der Waals surface area contributed by atoms with E-state index in [1.165, 1.54) is 0 Å². The maximum absolute atomic E-state index is 8.67. The Morgan fingerprint density at radius 3 is 2.55 bits per heavy atom. The van der Waals surface area contributed by atoms with Gasteiger partial charge in [-0.05, 0) is 51.6 Å². The normalized spacial score (nSPS) is 24.2. The molecule has 0 saturated heterocycles. The molecule has 4 aromatic rings. The van der Waals surface area contributed by atoms with Gasteiger partial charge in [-0.1, -0.05) is 66.0 Å². The standard InChI is InChI=1S/C20H16/c1-13-7-8-16-12-14(2)20-17-6-4-3-5-15(17)9-10-18(20)19(16)11-13/h3-12H,1-2H3/i1D3,2D3,3D,4D,5D,6D,7D,8D,9D,10D,11D,12D. The van der Waals surface area contributed by atoms with Crippen molar-refractivity contribution in [3.05, 3.63) is 71.6 Å². The molecule has 0 aliphatic rings. The zero-order valence-electron chi connectivity index (χ0n) is 26.0. The van der Waals surface area contributed by atoms with E-state index in [-0.39, 0.29) is 0 Å². The molecule has 0 N–H and O–H groups in total. The van der Waals surface area contributed by atoms with Crippen LogP contribution in [0, 0.1) is 13.7 Å². The van der Waals surface area contributed by atoms with Crippen LogP contribution in [0.3, 0.4) is 0 Å². The Hall–Kier alpha value is -2.34. The summed E-state index contributed by atoms with van der Waals surface area (Å²) < 4.78 is 131. The summed E-state index contributed by atoms with van der Waals surface area (Å²) >= 11 is 0. The van der Waals surface area contributed by atoms with Gasteiger partial charge in [0.1, 0.15) is 0 Å². The first-order chi connectivity index (χ1) is 16.4. The van der Waals surface area contributed by atoms with Crippen LogP contribution in [0.15, 0.2) is 60.4 Å². The number of aryl methyl sites for hydroxylation is 1. The monoisotopic (exact) mass is 272 g/mol. The molecule has 0 amide bonds. The Labute approximate surface area is 141 Å². The Bertz CT molecular complexity index is 1640. The Kier molecular flexibility index (Phi) is 0.743. The third kappa shape index (κ3) is 1.55. The van der Waals surface area contributed by atoms with Crippen molar-refractivity contribution in [3.63, 3.8) is 0 Å². The molecule has 0 heteroatoms. The van der Waals surface area contributed by atoms with Crippen molar-refractivity contribution in [2.45, 2.75) is 13.7 Å². The summed E-state index contributed by atoms with van der Waals surface area (Å²) in [5.74, 6) is 0. The molecule has 0 aromatic heterocycles. The van der Waals surface area contributed by atoms with Crippen LogP contribution in [-0.4, -0.2) is 0 Å². The van der Waals surface area contributed by atoms with E-state index in [0.29, 0.717) is 0 Å². The topological polar surface area (TPSA) is 0 Å². The Morgan fingerprint density at radius 2 is 1.65 bits per heavy atom. The molecule has 20 heavy (non-hydrogen) atoms. The van der Waals surface area contributed by atoms with Gasteiger partial charge < -0.3 is 0 Å². The fourth-order valence-corrected chi connectivity index (χ4v) is 2.22. The minimum Gasteiger partial charge on any atom is -0.0616 e. The van der Waals surface area contributed by atoms with Gasteiger partial charge in [0.15, 0.2) is 0 Å². The van der Waals surface area contributed by atoms with Crippen molar-refractivity contribution in [2.75, 3.05) is 0 Å². The quantitative estimate of drug-likeness (QED) is 0.357. The van der Waals surface area contributed by atoms with Crippen molar-refractivity contribution >= 4 is 32.3 Å². The van der Waals surface area contributed by atoms with Gasteiger partial charge in [0, 0.05) is 8.22 Å². The van der Waals surface area contributed by atoms with Gasteiger partial charge in [0.2, 0.25) is 0 Å². The molecule has 4 rings (SSSR count). The first kappa shape index (κ1) is 3.65. The van der Waals surface area contributed by atoms with E-state index in [2.05, 4.69) is 0 Å². The first-order valence-electron chi connectivity index (χ1n) is 13.8. The summed E-state index contributed by atoms with van der Waals surface area (Å²) in [5.41, 5.74) is -1.65. The maximum Gasteiger partial charge on any atom is 0.0632 e. The summed E-state index contributed by atoms with van der Waals surface area (Å²) in [5, 5.41) is -3.02. The highest BCUT2D eigenvalue weighted by molar-refractivity contribution is 6.18. The van der Waals surface area contributed by atoms with Crippen LogP contribution in [0.4, 0.5) is 0 Å². The van der Waals surface area contributed by atoms with Crippen molar-refractivity contribution < 1.29 is 21.9 Å². The number of benzene rings is 4. The smallest absolute Gasteiger partial charge is 0.0616 e. The second kappa shape index (κ2) is 4.08. The molecule has 4 aromatic carbocycles. The van der Waals surface area contributed by atoms with Crippen LogP contribution in [0.1, 0.15) is 33.1 Å². The first-order valence-corrected chi connectivity index (χ1v) is 5.75.